The molecule has 140 valence electrons. The maximum atomic E-state index is 13.8. The molecule has 0 radical (unpaired) electrons. The zero-order chi connectivity index (χ0) is 19.4. The number of hydrogen-bond donors (Lipinski definition) is 1. The number of halogens is 2. The van der Waals surface area contributed by atoms with Gasteiger partial charge in [-0.2, -0.15) is 0 Å². The molecule has 0 aliphatic rings. The van der Waals surface area contributed by atoms with Gasteiger partial charge in [-0.25, -0.2) is 13.7 Å². The van der Waals surface area contributed by atoms with E-state index in [4.69, 9.17) is 0 Å². The van der Waals surface area contributed by atoms with Gasteiger partial charge in [-0.3, -0.25) is 5.26 Å². The van der Waals surface area contributed by atoms with Crippen LogP contribution in [0.2, 0.25) is 0 Å². The Kier molecular flexibility index (Phi) is 5.99. The van der Waals surface area contributed by atoms with Crippen LogP contribution in [-0.2, 0) is 11.3 Å². The predicted molar refractivity (Wildman–Crippen MR) is 103 cm³/mol. The lowest BCUT2D eigenvalue weighted by molar-refractivity contribution is -0.270. The molecule has 0 amide bonds. The summed E-state index contributed by atoms with van der Waals surface area (Å²) >= 11 is 0. The first-order valence-electron chi connectivity index (χ1n) is 8.98. The van der Waals surface area contributed by atoms with Crippen LogP contribution in [0.25, 0.3) is 11.1 Å². The predicted octanol–water partition coefficient (Wildman–Crippen LogP) is 6.47. The molecule has 0 heterocycles. The number of aryl methyl sites for hydroxylation is 1. The molecule has 1 unspecified atom stereocenters. The van der Waals surface area contributed by atoms with E-state index in [-0.39, 0.29) is 11.1 Å². The standard InChI is InChI=1S/C23H22F2O2/c1-3-4-16-5-7-17(8-6-16)18-9-11-19(12-10-18)23(27-26)20-13-21(24)15(2)22(25)14-20/h5-14,23,26H,3-4H2,1-2H3. The van der Waals surface area contributed by atoms with Crippen molar-refractivity contribution in [3.63, 3.8) is 0 Å². The van der Waals surface area contributed by atoms with Gasteiger partial charge in [-0.05, 0) is 53.3 Å². The average molecular weight is 368 g/mol. The molecule has 4 heteroatoms. The molecule has 3 aromatic rings. The lowest BCUT2D eigenvalue weighted by atomic mass is 9.96. The Balaban J connectivity index is 1.87. The Morgan fingerprint density at radius 3 is 1.85 bits per heavy atom. The second-order valence-electron chi connectivity index (χ2n) is 6.66. The molecule has 0 bridgehead atoms. The zero-order valence-corrected chi connectivity index (χ0v) is 15.4. The summed E-state index contributed by atoms with van der Waals surface area (Å²) in [5.74, 6) is -1.34. The minimum atomic E-state index is -0.962. The van der Waals surface area contributed by atoms with Crippen LogP contribution in [-0.4, -0.2) is 5.26 Å². The van der Waals surface area contributed by atoms with E-state index in [1.165, 1.54) is 24.6 Å². The molecule has 1 N–H and O–H groups in total. The summed E-state index contributed by atoms with van der Waals surface area (Å²) < 4.78 is 27.7. The lowest BCUT2D eigenvalue weighted by Crippen LogP contribution is -2.06. The summed E-state index contributed by atoms with van der Waals surface area (Å²) in [6, 6.07) is 18.1. The van der Waals surface area contributed by atoms with Crippen molar-refractivity contribution in [2.45, 2.75) is 32.8 Å². The van der Waals surface area contributed by atoms with Gasteiger partial charge in [0.25, 0.3) is 0 Å². The van der Waals surface area contributed by atoms with E-state index in [0.29, 0.717) is 5.56 Å². The molecule has 0 fully saturated rings. The topological polar surface area (TPSA) is 29.5 Å². The molecule has 2 nitrogen and oxygen atoms in total. The van der Waals surface area contributed by atoms with Crippen molar-refractivity contribution in [1.29, 1.82) is 0 Å². The van der Waals surface area contributed by atoms with Gasteiger partial charge in [-0.15, -0.1) is 0 Å². The van der Waals surface area contributed by atoms with Gasteiger partial charge in [0.1, 0.15) is 17.7 Å². The van der Waals surface area contributed by atoms with Crippen LogP contribution < -0.4 is 0 Å². The van der Waals surface area contributed by atoms with Gasteiger partial charge < -0.3 is 0 Å². The molecule has 27 heavy (non-hydrogen) atoms. The molecule has 1 atom stereocenters. The molecule has 3 aromatic carbocycles. The third kappa shape index (κ3) is 4.24. The van der Waals surface area contributed by atoms with Crippen LogP contribution in [0, 0.1) is 18.6 Å². The molecule has 0 spiro atoms. The molecule has 0 aliphatic carbocycles. The first-order valence-corrected chi connectivity index (χ1v) is 8.98. The second-order valence-corrected chi connectivity index (χ2v) is 6.66. The van der Waals surface area contributed by atoms with Crippen molar-refractivity contribution in [3.8, 4) is 11.1 Å². The molecular weight excluding hydrogens is 346 g/mol. The summed E-state index contributed by atoms with van der Waals surface area (Å²) in [6.45, 7) is 3.52. The fraction of sp³-hybridized carbons (Fsp3) is 0.217. The van der Waals surface area contributed by atoms with Gasteiger partial charge in [0.05, 0.1) is 0 Å². The summed E-state index contributed by atoms with van der Waals surface area (Å²) in [4.78, 5) is 4.53. The third-order valence-electron chi connectivity index (χ3n) is 4.75. The van der Waals surface area contributed by atoms with E-state index < -0.39 is 17.7 Å². The quantitative estimate of drug-likeness (QED) is 0.399. The Labute approximate surface area is 158 Å². The average Bonchev–Trinajstić information content (AvgIpc) is 2.68. The summed E-state index contributed by atoms with van der Waals surface area (Å²) in [5, 5.41) is 9.31. The van der Waals surface area contributed by atoms with Gasteiger partial charge in [-0.1, -0.05) is 61.9 Å². The molecule has 0 aromatic heterocycles. The van der Waals surface area contributed by atoms with Crippen LogP contribution in [0.15, 0.2) is 60.7 Å². The van der Waals surface area contributed by atoms with Crippen molar-refractivity contribution < 1.29 is 18.9 Å². The Morgan fingerprint density at radius 2 is 1.37 bits per heavy atom. The van der Waals surface area contributed by atoms with Crippen molar-refractivity contribution in [2.75, 3.05) is 0 Å². The maximum absolute atomic E-state index is 13.8. The monoisotopic (exact) mass is 368 g/mol. The minimum Gasteiger partial charge on any atom is -0.251 e. The van der Waals surface area contributed by atoms with Crippen LogP contribution >= 0.6 is 0 Å². The summed E-state index contributed by atoms with van der Waals surface area (Å²) in [7, 11) is 0. The molecular formula is C23H22F2O2. The third-order valence-corrected chi connectivity index (χ3v) is 4.75. The molecule has 0 aliphatic heterocycles. The van der Waals surface area contributed by atoms with Gasteiger partial charge in [0.2, 0.25) is 0 Å². The Hall–Kier alpha value is -2.56. The maximum Gasteiger partial charge on any atom is 0.143 e. The van der Waals surface area contributed by atoms with Crippen molar-refractivity contribution in [2.24, 2.45) is 0 Å². The van der Waals surface area contributed by atoms with Crippen LogP contribution in [0.3, 0.4) is 0 Å². The zero-order valence-electron chi connectivity index (χ0n) is 15.4. The molecule has 0 saturated heterocycles. The van der Waals surface area contributed by atoms with E-state index >= 15 is 0 Å². The first-order chi connectivity index (χ1) is 13.0. The summed E-state index contributed by atoms with van der Waals surface area (Å²) in [5.41, 5.74) is 4.16. The van der Waals surface area contributed by atoms with Crippen LogP contribution in [0.5, 0.6) is 0 Å². The fourth-order valence-corrected chi connectivity index (χ4v) is 3.13. The van der Waals surface area contributed by atoms with Gasteiger partial charge >= 0.3 is 0 Å². The number of benzene rings is 3. The highest BCUT2D eigenvalue weighted by Crippen LogP contribution is 2.30. The van der Waals surface area contributed by atoms with E-state index in [0.717, 1.165) is 24.0 Å². The molecule has 0 saturated carbocycles. The highest BCUT2D eigenvalue weighted by atomic mass is 19.1. The van der Waals surface area contributed by atoms with Crippen LogP contribution in [0.1, 0.15) is 41.7 Å². The summed E-state index contributed by atoms with van der Waals surface area (Å²) in [6.07, 6.45) is 1.20. The van der Waals surface area contributed by atoms with Crippen molar-refractivity contribution >= 4 is 0 Å². The van der Waals surface area contributed by atoms with Crippen LogP contribution in [0.4, 0.5) is 8.78 Å². The largest absolute Gasteiger partial charge is 0.251 e. The van der Waals surface area contributed by atoms with E-state index in [1.54, 1.807) is 12.1 Å². The van der Waals surface area contributed by atoms with E-state index in [2.05, 4.69) is 36.1 Å². The van der Waals surface area contributed by atoms with Crippen molar-refractivity contribution in [1.82, 2.24) is 0 Å². The lowest BCUT2D eigenvalue weighted by Gasteiger charge is -2.16. The first kappa shape index (κ1) is 19.2. The van der Waals surface area contributed by atoms with E-state index in [1.807, 2.05) is 12.1 Å². The van der Waals surface area contributed by atoms with E-state index in [9.17, 15) is 14.0 Å². The SMILES string of the molecule is CCCc1ccc(-c2ccc(C(OO)c3cc(F)c(C)c(F)c3)cc2)cc1. The van der Waals surface area contributed by atoms with Gasteiger partial charge in [0.15, 0.2) is 0 Å². The molecule has 3 rings (SSSR count). The number of rotatable bonds is 6. The van der Waals surface area contributed by atoms with Gasteiger partial charge in [0, 0.05) is 5.56 Å². The van der Waals surface area contributed by atoms with Crippen molar-refractivity contribution in [3.05, 3.63) is 94.6 Å². The highest BCUT2D eigenvalue weighted by Gasteiger charge is 2.18. The second kappa shape index (κ2) is 8.42. The number of hydrogen-bond acceptors (Lipinski definition) is 2. The smallest absolute Gasteiger partial charge is 0.143 e. The minimum absolute atomic E-state index is 0.0580. The normalized spacial score (nSPS) is 12.2. The highest BCUT2D eigenvalue weighted by molar-refractivity contribution is 5.64. The Morgan fingerprint density at radius 1 is 0.852 bits per heavy atom. The Bertz CT molecular complexity index is 880. The fourth-order valence-electron chi connectivity index (χ4n) is 3.13.